The molecule has 2 nitrogen and oxygen atoms in total. The smallest absolute Gasteiger partial charge is 0.138 e. The van der Waals surface area contributed by atoms with E-state index >= 15 is 0 Å². The third kappa shape index (κ3) is 2.45. The number of nitrogens with zero attached hydrogens (tertiary/aromatic N) is 1. The van der Waals surface area contributed by atoms with Crippen molar-refractivity contribution in [1.82, 2.24) is 0 Å². The van der Waals surface area contributed by atoms with Gasteiger partial charge in [0.05, 0.1) is 16.5 Å². The number of halogens is 2. The van der Waals surface area contributed by atoms with Gasteiger partial charge < -0.3 is 4.74 Å². The second-order valence-electron chi connectivity index (χ2n) is 3.76. The highest BCUT2D eigenvalue weighted by molar-refractivity contribution is 9.10. The molecular formula is C11H9BrClNO. The predicted octanol–water partition coefficient (Wildman–Crippen LogP) is 3.79. The number of hydrogen-bond acceptors (Lipinski definition) is 2. The molecule has 4 heteroatoms. The maximum Gasteiger partial charge on any atom is 0.138 e. The molecule has 1 saturated carbocycles. The van der Waals surface area contributed by atoms with Gasteiger partial charge in [0.15, 0.2) is 0 Å². The van der Waals surface area contributed by atoms with Gasteiger partial charge in [-0.15, -0.1) is 0 Å². The summed E-state index contributed by atoms with van der Waals surface area (Å²) in [4.78, 5) is 0. The number of ether oxygens (including phenoxy) is 1. The largest absolute Gasteiger partial charge is 0.490 e. The van der Waals surface area contributed by atoms with Crippen LogP contribution in [0.25, 0.3) is 0 Å². The summed E-state index contributed by atoms with van der Waals surface area (Å²) in [5.41, 5.74) is -0.254. The Morgan fingerprint density at radius 2 is 2.27 bits per heavy atom. The van der Waals surface area contributed by atoms with Crippen LogP contribution in [0.5, 0.6) is 5.75 Å². The van der Waals surface area contributed by atoms with Crippen molar-refractivity contribution in [2.24, 2.45) is 5.41 Å². The number of hydrogen-bond donors (Lipinski definition) is 0. The molecule has 0 radical (unpaired) electrons. The van der Waals surface area contributed by atoms with Crippen LogP contribution in [-0.2, 0) is 0 Å². The Labute approximate surface area is 102 Å². The van der Waals surface area contributed by atoms with Crippen molar-refractivity contribution >= 4 is 27.5 Å². The van der Waals surface area contributed by atoms with Crippen LogP contribution in [0.15, 0.2) is 22.7 Å². The highest BCUT2D eigenvalue weighted by Gasteiger charge is 2.44. The average molecular weight is 287 g/mol. The Kier molecular flexibility index (Phi) is 2.90. The maximum absolute atomic E-state index is 8.88. The zero-order chi connectivity index (χ0) is 10.9. The van der Waals surface area contributed by atoms with E-state index in [9.17, 15) is 0 Å². The normalized spacial score (nSPS) is 16.9. The first-order valence-electron chi connectivity index (χ1n) is 4.64. The summed E-state index contributed by atoms with van der Waals surface area (Å²) in [5.74, 6) is 0.640. The van der Waals surface area contributed by atoms with Crippen molar-refractivity contribution in [1.29, 1.82) is 5.26 Å². The Morgan fingerprint density at radius 1 is 1.53 bits per heavy atom. The lowest BCUT2D eigenvalue weighted by atomic mass is 10.1. The molecule has 1 aromatic rings. The van der Waals surface area contributed by atoms with Gasteiger partial charge in [0.1, 0.15) is 12.4 Å². The first-order chi connectivity index (χ1) is 7.15. The SMILES string of the molecule is N#CC1(COc2ccc(Br)cc2Cl)CC1. The number of nitriles is 1. The van der Waals surface area contributed by atoms with Gasteiger partial charge in [0, 0.05) is 4.47 Å². The summed E-state index contributed by atoms with van der Waals surface area (Å²) in [6.45, 7) is 0.435. The van der Waals surface area contributed by atoms with Crippen LogP contribution in [0.3, 0.4) is 0 Å². The summed E-state index contributed by atoms with van der Waals surface area (Å²) in [7, 11) is 0. The molecule has 1 fully saturated rings. The standard InChI is InChI=1S/C11H9BrClNO/c12-8-1-2-10(9(13)5-8)15-7-11(6-14)3-4-11/h1-2,5H,3-4,7H2. The molecule has 0 saturated heterocycles. The molecule has 15 heavy (non-hydrogen) atoms. The van der Waals surface area contributed by atoms with Crippen molar-refractivity contribution in [2.45, 2.75) is 12.8 Å². The van der Waals surface area contributed by atoms with Crippen LogP contribution in [0.4, 0.5) is 0 Å². The van der Waals surface area contributed by atoms with Gasteiger partial charge in [-0.1, -0.05) is 27.5 Å². The van der Waals surface area contributed by atoms with E-state index in [-0.39, 0.29) is 5.41 Å². The van der Waals surface area contributed by atoms with Gasteiger partial charge in [-0.05, 0) is 31.0 Å². The molecule has 78 valence electrons. The maximum atomic E-state index is 8.88. The molecule has 0 aromatic heterocycles. The van der Waals surface area contributed by atoms with E-state index in [2.05, 4.69) is 22.0 Å². The van der Waals surface area contributed by atoms with Crippen LogP contribution in [0.1, 0.15) is 12.8 Å². The summed E-state index contributed by atoms with van der Waals surface area (Å²) in [6.07, 6.45) is 1.86. The van der Waals surface area contributed by atoms with E-state index in [1.165, 1.54) is 0 Å². The number of rotatable bonds is 3. The van der Waals surface area contributed by atoms with E-state index in [1.807, 2.05) is 6.07 Å². The molecule has 1 aliphatic carbocycles. The summed E-state index contributed by atoms with van der Waals surface area (Å²) >= 11 is 9.30. The van der Waals surface area contributed by atoms with Crippen molar-refractivity contribution < 1.29 is 4.74 Å². The highest BCUT2D eigenvalue weighted by Crippen LogP contribution is 2.45. The summed E-state index contributed by atoms with van der Waals surface area (Å²) in [5, 5.41) is 9.45. The number of benzene rings is 1. The van der Waals surface area contributed by atoms with Gasteiger partial charge >= 0.3 is 0 Å². The quantitative estimate of drug-likeness (QED) is 0.847. The third-order valence-corrected chi connectivity index (χ3v) is 3.28. The Balaban J connectivity index is 2.03. The Hall–Kier alpha value is -0.720. The zero-order valence-corrected chi connectivity index (χ0v) is 10.3. The fourth-order valence-electron chi connectivity index (χ4n) is 1.25. The molecule has 2 rings (SSSR count). The molecule has 0 spiro atoms. The molecule has 0 aliphatic heterocycles. The van der Waals surface area contributed by atoms with E-state index in [0.29, 0.717) is 17.4 Å². The van der Waals surface area contributed by atoms with Crippen molar-refractivity contribution in [3.63, 3.8) is 0 Å². The molecule has 0 heterocycles. The van der Waals surface area contributed by atoms with Gasteiger partial charge in [-0.2, -0.15) is 5.26 Å². The Bertz CT molecular complexity index is 423. The minimum Gasteiger partial charge on any atom is -0.490 e. The van der Waals surface area contributed by atoms with Gasteiger partial charge in [-0.25, -0.2) is 0 Å². The lowest BCUT2D eigenvalue weighted by Crippen LogP contribution is -2.10. The second kappa shape index (κ2) is 4.03. The summed E-state index contributed by atoms with van der Waals surface area (Å²) < 4.78 is 6.45. The lowest BCUT2D eigenvalue weighted by Gasteiger charge is -2.10. The van der Waals surface area contributed by atoms with Crippen molar-refractivity contribution in [3.8, 4) is 11.8 Å². The predicted molar refractivity (Wildman–Crippen MR) is 61.9 cm³/mol. The molecule has 0 atom stereocenters. The molecule has 1 aromatic carbocycles. The zero-order valence-electron chi connectivity index (χ0n) is 7.96. The molecule has 0 amide bonds. The van der Waals surface area contributed by atoms with Gasteiger partial charge in [0.2, 0.25) is 0 Å². The van der Waals surface area contributed by atoms with Crippen LogP contribution < -0.4 is 4.74 Å². The fourth-order valence-corrected chi connectivity index (χ4v) is 1.98. The van der Waals surface area contributed by atoms with E-state index in [1.54, 1.807) is 12.1 Å². The van der Waals surface area contributed by atoms with E-state index < -0.39 is 0 Å². The molecular weight excluding hydrogens is 277 g/mol. The highest BCUT2D eigenvalue weighted by atomic mass is 79.9. The topological polar surface area (TPSA) is 33.0 Å². The van der Waals surface area contributed by atoms with Crippen LogP contribution in [-0.4, -0.2) is 6.61 Å². The molecule has 0 N–H and O–H groups in total. The summed E-state index contributed by atoms with van der Waals surface area (Å²) in [6, 6.07) is 7.73. The van der Waals surface area contributed by atoms with Gasteiger partial charge in [0.25, 0.3) is 0 Å². The average Bonchev–Trinajstić information content (AvgIpc) is 2.97. The molecule has 0 unspecified atom stereocenters. The van der Waals surface area contributed by atoms with E-state index in [4.69, 9.17) is 21.6 Å². The minimum atomic E-state index is -0.254. The third-order valence-electron chi connectivity index (χ3n) is 2.49. The first-order valence-corrected chi connectivity index (χ1v) is 5.81. The van der Waals surface area contributed by atoms with Crippen LogP contribution in [0, 0.1) is 16.7 Å². The monoisotopic (exact) mass is 285 g/mol. The lowest BCUT2D eigenvalue weighted by molar-refractivity contribution is 0.269. The fraction of sp³-hybridized carbons (Fsp3) is 0.364. The van der Waals surface area contributed by atoms with Gasteiger partial charge in [-0.3, -0.25) is 0 Å². The van der Waals surface area contributed by atoms with Crippen LogP contribution in [0.2, 0.25) is 5.02 Å². The molecule has 1 aliphatic rings. The van der Waals surface area contributed by atoms with Crippen molar-refractivity contribution in [2.75, 3.05) is 6.61 Å². The molecule has 0 bridgehead atoms. The Morgan fingerprint density at radius 3 is 2.80 bits per heavy atom. The van der Waals surface area contributed by atoms with Crippen molar-refractivity contribution in [3.05, 3.63) is 27.7 Å². The first kappa shape index (κ1) is 10.8. The van der Waals surface area contributed by atoms with E-state index in [0.717, 1.165) is 17.3 Å². The second-order valence-corrected chi connectivity index (χ2v) is 5.08. The van der Waals surface area contributed by atoms with Crippen LogP contribution >= 0.6 is 27.5 Å². The minimum absolute atomic E-state index is 0.254.